The van der Waals surface area contributed by atoms with E-state index in [1.807, 2.05) is 0 Å². The molecule has 0 atom stereocenters. The van der Waals surface area contributed by atoms with Gasteiger partial charge in [0.15, 0.2) is 9.84 Å². The summed E-state index contributed by atoms with van der Waals surface area (Å²) in [5.74, 6) is 0.801. The van der Waals surface area contributed by atoms with Crippen molar-refractivity contribution in [3.8, 4) is 5.75 Å². The topological polar surface area (TPSA) is 75.7 Å². The summed E-state index contributed by atoms with van der Waals surface area (Å²) in [6.45, 7) is 2.59. The third-order valence-electron chi connectivity index (χ3n) is 3.65. The molecule has 8 heteroatoms. The standard InChI is InChI=1S/C15H22N2O4S.ClH/c1-17(15(18)12-10-16-11-12)7-4-8-21-13-5-3-6-14(9-13)22(2,19)20;/h3,5-6,9,12,16H,4,7-8,10-11H2,1-2H3;1H. The first-order valence-corrected chi connectivity index (χ1v) is 9.15. The second-order valence-electron chi connectivity index (χ2n) is 5.56. The summed E-state index contributed by atoms with van der Waals surface area (Å²) in [5, 5.41) is 3.08. The maximum atomic E-state index is 11.9. The fourth-order valence-electron chi connectivity index (χ4n) is 2.17. The van der Waals surface area contributed by atoms with E-state index >= 15 is 0 Å². The van der Waals surface area contributed by atoms with Gasteiger partial charge in [-0.15, -0.1) is 12.4 Å². The molecule has 6 nitrogen and oxygen atoms in total. The summed E-state index contributed by atoms with van der Waals surface area (Å²) in [5.41, 5.74) is 0. The lowest BCUT2D eigenvalue weighted by Gasteiger charge is -2.30. The van der Waals surface area contributed by atoms with Crippen LogP contribution in [0.2, 0.25) is 0 Å². The van der Waals surface area contributed by atoms with Crippen LogP contribution in [0.1, 0.15) is 6.42 Å². The second-order valence-corrected chi connectivity index (χ2v) is 7.58. The van der Waals surface area contributed by atoms with Gasteiger partial charge in [-0.2, -0.15) is 0 Å². The van der Waals surface area contributed by atoms with Gasteiger partial charge in [0.2, 0.25) is 5.91 Å². The lowest BCUT2D eigenvalue weighted by atomic mass is 10.0. The Balaban J connectivity index is 0.00000264. The van der Waals surface area contributed by atoms with Crippen LogP contribution in [0.3, 0.4) is 0 Å². The Morgan fingerprint density at radius 2 is 2.09 bits per heavy atom. The van der Waals surface area contributed by atoms with E-state index in [2.05, 4.69) is 5.32 Å². The number of halogens is 1. The highest BCUT2D eigenvalue weighted by Gasteiger charge is 2.27. The van der Waals surface area contributed by atoms with Gasteiger partial charge in [0.05, 0.1) is 17.4 Å². The van der Waals surface area contributed by atoms with Gasteiger partial charge in [0, 0.05) is 32.9 Å². The summed E-state index contributed by atoms with van der Waals surface area (Å²) in [6.07, 6.45) is 1.87. The Morgan fingerprint density at radius 3 is 2.65 bits per heavy atom. The van der Waals surface area contributed by atoms with Crippen molar-refractivity contribution in [3.05, 3.63) is 24.3 Å². The number of nitrogens with zero attached hydrogens (tertiary/aromatic N) is 1. The molecule has 0 unspecified atom stereocenters. The van der Waals surface area contributed by atoms with Gasteiger partial charge in [-0.25, -0.2) is 8.42 Å². The Bertz CT molecular complexity index is 632. The summed E-state index contributed by atoms with van der Waals surface area (Å²) in [4.78, 5) is 13.9. The van der Waals surface area contributed by atoms with Gasteiger partial charge in [-0.3, -0.25) is 4.79 Å². The van der Waals surface area contributed by atoms with Gasteiger partial charge in [0.25, 0.3) is 0 Å². The number of benzene rings is 1. The zero-order chi connectivity index (χ0) is 16.2. The van der Waals surface area contributed by atoms with E-state index in [4.69, 9.17) is 4.74 Å². The van der Waals surface area contributed by atoms with E-state index in [0.29, 0.717) is 25.3 Å². The SMILES string of the molecule is CN(CCCOc1cccc(S(C)(=O)=O)c1)C(=O)C1CNC1.Cl. The molecule has 2 rings (SSSR count). The largest absolute Gasteiger partial charge is 0.493 e. The molecule has 0 aliphatic carbocycles. The lowest BCUT2D eigenvalue weighted by molar-refractivity contribution is -0.135. The Morgan fingerprint density at radius 1 is 1.39 bits per heavy atom. The van der Waals surface area contributed by atoms with E-state index in [1.165, 1.54) is 12.3 Å². The maximum absolute atomic E-state index is 11.9. The number of amides is 1. The molecular weight excluding hydrogens is 340 g/mol. The van der Waals surface area contributed by atoms with Crippen LogP contribution in [0.15, 0.2) is 29.2 Å². The Kier molecular flexibility index (Phi) is 7.31. The van der Waals surface area contributed by atoms with Crippen LogP contribution in [-0.4, -0.2) is 58.8 Å². The molecule has 1 aliphatic rings. The lowest BCUT2D eigenvalue weighted by Crippen LogP contribution is -2.51. The molecule has 0 aromatic heterocycles. The fourth-order valence-corrected chi connectivity index (χ4v) is 2.83. The molecule has 1 N–H and O–H groups in total. The van der Waals surface area contributed by atoms with Crippen LogP contribution < -0.4 is 10.1 Å². The predicted octanol–water partition coefficient (Wildman–Crippen LogP) is 0.959. The first kappa shape index (κ1) is 19.7. The van der Waals surface area contributed by atoms with Crippen molar-refractivity contribution in [2.24, 2.45) is 5.92 Å². The van der Waals surface area contributed by atoms with Crippen molar-refractivity contribution in [2.45, 2.75) is 11.3 Å². The van der Waals surface area contributed by atoms with Gasteiger partial charge in [-0.05, 0) is 24.6 Å². The summed E-state index contributed by atoms with van der Waals surface area (Å²) < 4.78 is 28.5. The minimum absolute atomic E-state index is 0. The minimum Gasteiger partial charge on any atom is -0.493 e. The number of rotatable bonds is 7. The summed E-state index contributed by atoms with van der Waals surface area (Å²) in [7, 11) is -1.43. The molecule has 0 spiro atoms. The van der Waals surface area contributed by atoms with Crippen LogP contribution >= 0.6 is 12.4 Å². The molecule has 1 aromatic rings. The molecule has 130 valence electrons. The predicted molar refractivity (Wildman–Crippen MR) is 90.9 cm³/mol. The number of ether oxygens (including phenoxy) is 1. The van der Waals surface area contributed by atoms with E-state index in [-0.39, 0.29) is 29.1 Å². The normalized spacial score (nSPS) is 14.5. The minimum atomic E-state index is -3.23. The van der Waals surface area contributed by atoms with Crippen molar-refractivity contribution >= 4 is 28.2 Å². The molecule has 1 saturated heterocycles. The number of hydrogen-bond donors (Lipinski definition) is 1. The van der Waals surface area contributed by atoms with Gasteiger partial charge in [-0.1, -0.05) is 6.07 Å². The number of carbonyl (C=O) groups excluding carboxylic acids is 1. The second kappa shape index (κ2) is 8.52. The molecule has 1 fully saturated rings. The number of nitrogens with one attached hydrogen (secondary N) is 1. The molecule has 1 aliphatic heterocycles. The van der Waals surface area contributed by atoms with Crippen LogP contribution in [0.25, 0.3) is 0 Å². The van der Waals surface area contributed by atoms with E-state index in [9.17, 15) is 13.2 Å². The van der Waals surface area contributed by atoms with Crippen LogP contribution in [0.5, 0.6) is 5.75 Å². The van der Waals surface area contributed by atoms with Gasteiger partial charge < -0.3 is 15.0 Å². The first-order valence-electron chi connectivity index (χ1n) is 7.26. The monoisotopic (exact) mass is 362 g/mol. The highest BCUT2D eigenvalue weighted by Crippen LogP contribution is 2.17. The molecule has 23 heavy (non-hydrogen) atoms. The molecule has 0 saturated carbocycles. The Labute approximate surface area is 143 Å². The van der Waals surface area contributed by atoms with Crippen LogP contribution in [0.4, 0.5) is 0 Å². The molecule has 1 aromatic carbocycles. The fraction of sp³-hybridized carbons (Fsp3) is 0.533. The molecule has 1 heterocycles. The smallest absolute Gasteiger partial charge is 0.227 e. The first-order chi connectivity index (χ1) is 10.4. The highest BCUT2D eigenvalue weighted by molar-refractivity contribution is 7.90. The van der Waals surface area contributed by atoms with Gasteiger partial charge in [0.1, 0.15) is 5.75 Å². The Hall–Kier alpha value is -1.31. The van der Waals surface area contributed by atoms with Crippen molar-refractivity contribution < 1.29 is 17.9 Å². The van der Waals surface area contributed by atoms with Crippen molar-refractivity contribution in [2.75, 3.05) is 39.5 Å². The van der Waals surface area contributed by atoms with Crippen molar-refractivity contribution in [1.29, 1.82) is 0 Å². The highest BCUT2D eigenvalue weighted by atomic mass is 35.5. The molecule has 0 radical (unpaired) electrons. The average molecular weight is 363 g/mol. The third kappa shape index (κ3) is 5.67. The van der Waals surface area contributed by atoms with Crippen molar-refractivity contribution in [1.82, 2.24) is 10.2 Å². The zero-order valence-electron chi connectivity index (χ0n) is 13.3. The maximum Gasteiger partial charge on any atom is 0.227 e. The van der Waals surface area contributed by atoms with Crippen molar-refractivity contribution in [3.63, 3.8) is 0 Å². The quantitative estimate of drug-likeness (QED) is 0.731. The number of sulfone groups is 1. The zero-order valence-corrected chi connectivity index (χ0v) is 15.0. The van der Waals surface area contributed by atoms with E-state index < -0.39 is 9.84 Å². The molecule has 1 amide bonds. The number of hydrogen-bond acceptors (Lipinski definition) is 5. The van der Waals surface area contributed by atoms with Crippen LogP contribution in [-0.2, 0) is 14.6 Å². The third-order valence-corrected chi connectivity index (χ3v) is 4.76. The number of carbonyl (C=O) groups is 1. The summed E-state index contributed by atoms with van der Waals surface area (Å²) in [6, 6.07) is 6.44. The average Bonchev–Trinajstić information content (AvgIpc) is 2.41. The van der Waals surface area contributed by atoms with Gasteiger partial charge >= 0.3 is 0 Å². The van der Waals surface area contributed by atoms with E-state index in [0.717, 1.165) is 13.1 Å². The van der Waals surface area contributed by atoms with Crippen LogP contribution in [0, 0.1) is 5.92 Å². The molecular formula is C15H23ClN2O4S. The summed E-state index contributed by atoms with van der Waals surface area (Å²) >= 11 is 0. The van der Waals surface area contributed by atoms with E-state index in [1.54, 1.807) is 30.1 Å². The molecule has 0 bridgehead atoms.